The van der Waals surface area contributed by atoms with E-state index in [4.69, 9.17) is 5.11 Å². The lowest BCUT2D eigenvalue weighted by atomic mass is 9.79. The summed E-state index contributed by atoms with van der Waals surface area (Å²) in [5.74, 6) is 0.327. The van der Waals surface area contributed by atoms with Crippen LogP contribution in [-0.2, 0) is 9.59 Å². The van der Waals surface area contributed by atoms with E-state index in [1.807, 2.05) is 0 Å². The Morgan fingerprint density at radius 3 is 2.21 bits per heavy atom. The number of carboxylic acid groups (broad SMARTS) is 1. The molecule has 0 heterocycles. The van der Waals surface area contributed by atoms with Gasteiger partial charge >= 0.3 is 5.97 Å². The van der Waals surface area contributed by atoms with Crippen LogP contribution in [0.1, 0.15) is 52.4 Å². The van der Waals surface area contributed by atoms with Crippen LogP contribution in [0, 0.1) is 23.7 Å². The fourth-order valence-corrected chi connectivity index (χ4v) is 3.44. The molecular formula is C15H25NO3. The highest BCUT2D eigenvalue weighted by atomic mass is 16.4. The van der Waals surface area contributed by atoms with Crippen molar-refractivity contribution < 1.29 is 14.7 Å². The Labute approximate surface area is 115 Å². The van der Waals surface area contributed by atoms with Crippen LogP contribution in [0.3, 0.4) is 0 Å². The summed E-state index contributed by atoms with van der Waals surface area (Å²) in [6, 6.07) is 0.294. The molecule has 2 N–H and O–H groups in total. The topological polar surface area (TPSA) is 66.4 Å². The number of aliphatic carboxylic acids is 1. The van der Waals surface area contributed by atoms with E-state index < -0.39 is 5.97 Å². The van der Waals surface area contributed by atoms with Gasteiger partial charge in [0, 0.05) is 12.0 Å². The molecule has 4 heteroatoms. The monoisotopic (exact) mass is 267 g/mol. The minimum absolute atomic E-state index is 0.0792. The van der Waals surface area contributed by atoms with Crippen LogP contribution in [-0.4, -0.2) is 23.0 Å². The SMILES string of the molecule is CC1CCC(NC(=O)C2CCC(C(=O)O)C2)CC1C. The van der Waals surface area contributed by atoms with Crippen LogP contribution in [0.25, 0.3) is 0 Å². The molecule has 1 amide bonds. The van der Waals surface area contributed by atoms with Gasteiger partial charge in [-0.2, -0.15) is 0 Å². The molecule has 0 aromatic carbocycles. The number of rotatable bonds is 3. The van der Waals surface area contributed by atoms with Crippen LogP contribution in [0.15, 0.2) is 0 Å². The van der Waals surface area contributed by atoms with Crippen molar-refractivity contribution in [1.82, 2.24) is 5.32 Å². The van der Waals surface area contributed by atoms with Crippen LogP contribution >= 0.6 is 0 Å². The normalized spacial score (nSPS) is 38.9. The zero-order chi connectivity index (χ0) is 14.0. The molecule has 5 atom stereocenters. The van der Waals surface area contributed by atoms with Crippen LogP contribution in [0.4, 0.5) is 0 Å². The predicted molar refractivity (Wildman–Crippen MR) is 72.6 cm³/mol. The number of hydrogen-bond acceptors (Lipinski definition) is 2. The second kappa shape index (κ2) is 5.93. The standard InChI is InChI=1S/C15H25NO3/c1-9-3-6-13(7-10(9)2)16-14(17)11-4-5-12(8-11)15(18)19/h9-13H,3-8H2,1-2H3,(H,16,17)(H,18,19). The molecule has 2 aliphatic carbocycles. The molecule has 2 fully saturated rings. The van der Waals surface area contributed by atoms with Gasteiger partial charge < -0.3 is 10.4 Å². The third-order valence-corrected chi connectivity index (χ3v) is 5.10. The summed E-state index contributed by atoms with van der Waals surface area (Å²) in [7, 11) is 0. The first-order valence-corrected chi connectivity index (χ1v) is 7.50. The molecule has 19 heavy (non-hydrogen) atoms. The smallest absolute Gasteiger partial charge is 0.306 e. The molecule has 0 spiro atoms. The van der Waals surface area contributed by atoms with Crippen molar-refractivity contribution >= 4 is 11.9 Å². The van der Waals surface area contributed by atoms with Gasteiger partial charge in [0.15, 0.2) is 0 Å². The lowest BCUT2D eigenvalue weighted by Gasteiger charge is -2.33. The fraction of sp³-hybridized carbons (Fsp3) is 0.867. The maximum absolute atomic E-state index is 12.2. The van der Waals surface area contributed by atoms with Crippen molar-refractivity contribution in [3.05, 3.63) is 0 Å². The van der Waals surface area contributed by atoms with E-state index in [0.717, 1.165) is 25.2 Å². The molecule has 2 aliphatic rings. The highest BCUT2D eigenvalue weighted by Gasteiger charge is 2.35. The van der Waals surface area contributed by atoms with E-state index in [2.05, 4.69) is 19.2 Å². The third kappa shape index (κ3) is 3.48. The van der Waals surface area contributed by atoms with E-state index >= 15 is 0 Å². The molecule has 0 saturated heterocycles. The summed E-state index contributed by atoms with van der Waals surface area (Å²) < 4.78 is 0. The Bertz CT molecular complexity index is 355. The maximum Gasteiger partial charge on any atom is 0.306 e. The number of amides is 1. The first-order chi connectivity index (χ1) is 8.97. The number of carboxylic acids is 1. The minimum atomic E-state index is -0.754. The van der Waals surface area contributed by atoms with Gasteiger partial charge in [-0.3, -0.25) is 9.59 Å². The Morgan fingerprint density at radius 1 is 0.947 bits per heavy atom. The number of carbonyl (C=O) groups is 2. The number of carbonyl (C=O) groups excluding carboxylic acids is 1. The van der Waals surface area contributed by atoms with Gasteiger partial charge in [0.25, 0.3) is 0 Å². The molecule has 5 unspecified atom stereocenters. The first-order valence-electron chi connectivity index (χ1n) is 7.50. The molecule has 4 nitrogen and oxygen atoms in total. The van der Waals surface area contributed by atoms with Crippen LogP contribution in [0.2, 0.25) is 0 Å². The van der Waals surface area contributed by atoms with Crippen molar-refractivity contribution in [2.45, 2.75) is 58.4 Å². The lowest BCUT2D eigenvalue weighted by Crippen LogP contribution is -2.42. The highest BCUT2D eigenvalue weighted by molar-refractivity contribution is 5.81. The van der Waals surface area contributed by atoms with Crippen molar-refractivity contribution in [2.24, 2.45) is 23.7 Å². The van der Waals surface area contributed by atoms with E-state index in [1.165, 1.54) is 6.42 Å². The zero-order valence-corrected chi connectivity index (χ0v) is 11.9. The Hall–Kier alpha value is -1.06. The van der Waals surface area contributed by atoms with Gasteiger partial charge in [-0.25, -0.2) is 0 Å². The van der Waals surface area contributed by atoms with E-state index in [1.54, 1.807) is 0 Å². The Kier molecular flexibility index (Phi) is 4.48. The average Bonchev–Trinajstić information content (AvgIpc) is 2.83. The molecule has 0 radical (unpaired) electrons. The van der Waals surface area contributed by atoms with Gasteiger partial charge in [-0.15, -0.1) is 0 Å². The first kappa shape index (κ1) is 14.4. The van der Waals surface area contributed by atoms with E-state index in [-0.39, 0.29) is 17.7 Å². The van der Waals surface area contributed by atoms with Crippen molar-refractivity contribution in [1.29, 1.82) is 0 Å². The lowest BCUT2D eigenvalue weighted by molar-refractivity contribution is -0.141. The molecule has 0 bridgehead atoms. The number of hydrogen-bond donors (Lipinski definition) is 2. The van der Waals surface area contributed by atoms with Gasteiger partial charge in [-0.1, -0.05) is 13.8 Å². The molecule has 2 saturated carbocycles. The molecular weight excluding hydrogens is 242 g/mol. The molecule has 0 aromatic rings. The zero-order valence-electron chi connectivity index (χ0n) is 11.9. The van der Waals surface area contributed by atoms with E-state index in [9.17, 15) is 9.59 Å². The summed E-state index contributed by atoms with van der Waals surface area (Å²) >= 11 is 0. The van der Waals surface area contributed by atoms with Crippen LogP contribution in [0.5, 0.6) is 0 Å². The predicted octanol–water partition coefficient (Wildman–Crippen LogP) is 2.43. The molecule has 2 rings (SSSR count). The maximum atomic E-state index is 12.2. The largest absolute Gasteiger partial charge is 0.481 e. The Morgan fingerprint density at radius 2 is 1.63 bits per heavy atom. The van der Waals surface area contributed by atoms with Crippen molar-refractivity contribution in [2.75, 3.05) is 0 Å². The fourth-order valence-electron chi connectivity index (χ4n) is 3.44. The quantitative estimate of drug-likeness (QED) is 0.825. The summed E-state index contributed by atoms with van der Waals surface area (Å²) in [5.41, 5.74) is 0. The molecule has 108 valence electrons. The minimum Gasteiger partial charge on any atom is -0.481 e. The second-order valence-corrected chi connectivity index (χ2v) is 6.52. The van der Waals surface area contributed by atoms with Gasteiger partial charge in [-0.05, 0) is 50.4 Å². The third-order valence-electron chi connectivity index (χ3n) is 5.10. The van der Waals surface area contributed by atoms with Gasteiger partial charge in [0.2, 0.25) is 5.91 Å². The average molecular weight is 267 g/mol. The van der Waals surface area contributed by atoms with E-state index in [0.29, 0.717) is 24.8 Å². The second-order valence-electron chi connectivity index (χ2n) is 6.52. The van der Waals surface area contributed by atoms with Crippen LogP contribution < -0.4 is 5.32 Å². The molecule has 0 aliphatic heterocycles. The summed E-state index contributed by atoms with van der Waals surface area (Å²) in [6.07, 6.45) is 5.18. The summed E-state index contributed by atoms with van der Waals surface area (Å²) in [5, 5.41) is 12.1. The van der Waals surface area contributed by atoms with Gasteiger partial charge in [0.1, 0.15) is 0 Å². The van der Waals surface area contributed by atoms with Crippen molar-refractivity contribution in [3.63, 3.8) is 0 Å². The summed E-state index contributed by atoms with van der Waals surface area (Å²) in [6.45, 7) is 4.52. The summed E-state index contributed by atoms with van der Waals surface area (Å²) in [4.78, 5) is 23.1. The Balaban J connectivity index is 1.80. The highest BCUT2D eigenvalue weighted by Crippen LogP contribution is 2.33. The van der Waals surface area contributed by atoms with Gasteiger partial charge in [0.05, 0.1) is 5.92 Å². The molecule has 0 aromatic heterocycles. The van der Waals surface area contributed by atoms with Crippen molar-refractivity contribution in [3.8, 4) is 0 Å². The number of nitrogens with one attached hydrogen (secondary N) is 1.